The van der Waals surface area contributed by atoms with E-state index in [-0.39, 0.29) is 29.5 Å². The molecule has 2 fully saturated rings. The number of pyridine rings is 1. The van der Waals surface area contributed by atoms with Gasteiger partial charge in [-0.25, -0.2) is 0 Å². The summed E-state index contributed by atoms with van der Waals surface area (Å²) in [6, 6.07) is 10.1. The molecule has 0 radical (unpaired) electrons. The van der Waals surface area contributed by atoms with Crippen LogP contribution in [0.1, 0.15) is 40.5 Å². The molecule has 9 nitrogen and oxygen atoms in total. The maximum Gasteiger partial charge on any atom is 0.253 e. The number of carbonyl (C=O) groups is 4. The molecule has 1 saturated heterocycles. The number of benzene rings is 1. The fraction of sp³-hybridized carbons (Fsp3) is 0.423. The van der Waals surface area contributed by atoms with Crippen molar-refractivity contribution in [3.8, 4) is 0 Å². The number of hydrogen-bond donors (Lipinski definition) is 2. The molecule has 2 heterocycles. The summed E-state index contributed by atoms with van der Waals surface area (Å²) in [4.78, 5) is 59.6. The van der Waals surface area contributed by atoms with Gasteiger partial charge in [-0.1, -0.05) is 19.1 Å². The van der Waals surface area contributed by atoms with Crippen molar-refractivity contribution in [2.45, 2.75) is 25.8 Å². The van der Waals surface area contributed by atoms with E-state index in [1.165, 1.54) is 11.1 Å². The number of anilines is 1. The number of Topliss-reactive ketones (excluding diaryl/α,β-unsaturated/α-hetero) is 1. The predicted molar refractivity (Wildman–Crippen MR) is 130 cm³/mol. The third-order valence-corrected chi connectivity index (χ3v) is 7.25. The maximum absolute atomic E-state index is 13.6. The van der Waals surface area contributed by atoms with Gasteiger partial charge in [0, 0.05) is 56.9 Å². The van der Waals surface area contributed by atoms with Crippen LogP contribution in [0.5, 0.6) is 0 Å². The van der Waals surface area contributed by atoms with Gasteiger partial charge in [0.05, 0.1) is 22.8 Å². The monoisotopic (exact) mass is 477 g/mol. The number of nitrogens with two attached hydrogens (primary N) is 1. The second kappa shape index (κ2) is 9.48. The molecule has 0 bridgehead atoms. The average molecular weight is 478 g/mol. The topological polar surface area (TPSA) is 126 Å². The highest BCUT2D eigenvalue weighted by Gasteiger charge is 2.73. The smallest absolute Gasteiger partial charge is 0.253 e. The van der Waals surface area contributed by atoms with Gasteiger partial charge in [-0.05, 0) is 37.1 Å². The molecule has 3 atom stereocenters. The zero-order valence-electron chi connectivity index (χ0n) is 20.2. The molecule has 1 aliphatic heterocycles. The van der Waals surface area contributed by atoms with Crippen LogP contribution < -0.4 is 11.1 Å². The van der Waals surface area contributed by atoms with Crippen LogP contribution in [0.25, 0.3) is 0 Å². The third-order valence-electron chi connectivity index (χ3n) is 7.25. The first-order valence-corrected chi connectivity index (χ1v) is 11.8. The van der Waals surface area contributed by atoms with Crippen LogP contribution in [-0.4, -0.2) is 71.5 Å². The quantitative estimate of drug-likeness (QED) is 0.481. The molecular formula is C26H31N5O4. The molecular weight excluding hydrogens is 446 g/mol. The number of ketones is 1. The number of aromatic nitrogens is 1. The summed E-state index contributed by atoms with van der Waals surface area (Å²) in [5, 5.41) is 3.00. The number of hydrogen-bond acceptors (Lipinski definition) is 6. The first-order valence-electron chi connectivity index (χ1n) is 11.8. The third kappa shape index (κ3) is 4.50. The van der Waals surface area contributed by atoms with Gasteiger partial charge in [0.25, 0.3) is 5.91 Å². The van der Waals surface area contributed by atoms with Gasteiger partial charge in [-0.3, -0.25) is 24.2 Å². The number of carbonyl (C=O) groups excluding carboxylic acids is 4. The van der Waals surface area contributed by atoms with E-state index in [0.717, 1.165) is 0 Å². The summed E-state index contributed by atoms with van der Waals surface area (Å²) >= 11 is 0. The van der Waals surface area contributed by atoms with E-state index in [4.69, 9.17) is 5.73 Å². The Balaban J connectivity index is 1.46. The summed E-state index contributed by atoms with van der Waals surface area (Å²) in [5.41, 5.74) is 6.04. The van der Waals surface area contributed by atoms with Crippen LogP contribution in [0.3, 0.4) is 0 Å². The minimum absolute atomic E-state index is 0.0673. The van der Waals surface area contributed by atoms with E-state index in [9.17, 15) is 19.2 Å². The number of likely N-dealkylation sites (tertiary alicyclic amines) is 1. The van der Waals surface area contributed by atoms with Crippen LogP contribution in [0, 0.1) is 17.3 Å². The Bertz CT molecular complexity index is 1140. The van der Waals surface area contributed by atoms with E-state index in [1.807, 2.05) is 0 Å². The first kappa shape index (κ1) is 24.4. The van der Waals surface area contributed by atoms with Gasteiger partial charge in [0.15, 0.2) is 5.78 Å². The summed E-state index contributed by atoms with van der Waals surface area (Å²) in [7, 11) is 3.25. The SMILES string of the molecule is CN(C)C(=O)[C@H]1[C@@H](C(=O)N2CCC(NC(=O)c3cccnc3)CC2)[C@@]1(C)C(=O)c1ccccc1N. The van der Waals surface area contributed by atoms with Gasteiger partial charge >= 0.3 is 0 Å². The highest BCUT2D eigenvalue weighted by molar-refractivity contribution is 6.13. The van der Waals surface area contributed by atoms with Crippen LogP contribution in [0.15, 0.2) is 48.8 Å². The fourth-order valence-corrected chi connectivity index (χ4v) is 5.07. The van der Waals surface area contributed by atoms with Crippen molar-refractivity contribution < 1.29 is 19.2 Å². The molecule has 0 spiro atoms. The van der Waals surface area contributed by atoms with Crippen molar-refractivity contribution in [2.24, 2.45) is 17.3 Å². The molecule has 1 aromatic heterocycles. The minimum atomic E-state index is -1.15. The lowest BCUT2D eigenvalue weighted by molar-refractivity contribution is -0.137. The zero-order chi connectivity index (χ0) is 25.3. The second-order valence-corrected chi connectivity index (χ2v) is 9.70. The second-order valence-electron chi connectivity index (χ2n) is 9.70. The van der Waals surface area contributed by atoms with Gasteiger partial charge in [-0.2, -0.15) is 0 Å². The summed E-state index contributed by atoms with van der Waals surface area (Å²) in [5.74, 6) is -2.40. The van der Waals surface area contributed by atoms with Gasteiger partial charge in [-0.15, -0.1) is 0 Å². The Kier molecular flexibility index (Phi) is 6.60. The lowest BCUT2D eigenvalue weighted by Gasteiger charge is -2.33. The molecule has 3 amide bonds. The fourth-order valence-electron chi connectivity index (χ4n) is 5.07. The Labute approximate surface area is 204 Å². The van der Waals surface area contributed by atoms with Crippen LogP contribution in [0.2, 0.25) is 0 Å². The van der Waals surface area contributed by atoms with Crippen LogP contribution in [0.4, 0.5) is 5.69 Å². The molecule has 184 valence electrons. The molecule has 0 unspecified atom stereocenters. The van der Waals surface area contributed by atoms with Crippen LogP contribution in [-0.2, 0) is 9.59 Å². The first-order chi connectivity index (χ1) is 16.7. The number of amides is 3. The van der Waals surface area contributed by atoms with E-state index in [0.29, 0.717) is 42.7 Å². The highest BCUT2D eigenvalue weighted by Crippen LogP contribution is 2.62. The van der Waals surface area contributed by atoms with Crippen molar-refractivity contribution in [2.75, 3.05) is 32.9 Å². The lowest BCUT2D eigenvalue weighted by Crippen LogP contribution is -2.47. The molecule has 2 aromatic rings. The van der Waals surface area contributed by atoms with Crippen molar-refractivity contribution >= 4 is 29.2 Å². The van der Waals surface area contributed by atoms with Crippen molar-refractivity contribution in [1.29, 1.82) is 0 Å². The molecule has 1 aromatic carbocycles. The average Bonchev–Trinajstić information content (AvgIpc) is 3.50. The van der Waals surface area contributed by atoms with Gasteiger partial charge in [0.1, 0.15) is 0 Å². The van der Waals surface area contributed by atoms with Crippen molar-refractivity contribution in [1.82, 2.24) is 20.1 Å². The lowest BCUT2D eigenvalue weighted by atomic mass is 9.91. The number of para-hydroxylation sites is 1. The van der Waals surface area contributed by atoms with E-state index in [2.05, 4.69) is 10.3 Å². The summed E-state index contributed by atoms with van der Waals surface area (Å²) in [6.45, 7) is 2.57. The maximum atomic E-state index is 13.6. The predicted octanol–water partition coefficient (Wildman–Crippen LogP) is 1.61. The molecule has 4 rings (SSSR count). The van der Waals surface area contributed by atoms with E-state index in [1.54, 1.807) is 68.5 Å². The number of nitrogen functional groups attached to an aromatic ring is 1. The Morgan fingerprint density at radius 2 is 1.74 bits per heavy atom. The molecule has 1 aliphatic carbocycles. The number of nitrogens with one attached hydrogen (secondary N) is 1. The van der Waals surface area contributed by atoms with Crippen molar-refractivity contribution in [3.05, 3.63) is 59.9 Å². The molecule has 35 heavy (non-hydrogen) atoms. The van der Waals surface area contributed by atoms with E-state index >= 15 is 0 Å². The number of nitrogens with zero attached hydrogens (tertiary/aromatic N) is 3. The largest absolute Gasteiger partial charge is 0.398 e. The Hall–Kier alpha value is -3.75. The van der Waals surface area contributed by atoms with Gasteiger partial charge in [0.2, 0.25) is 11.8 Å². The Morgan fingerprint density at radius 1 is 1.06 bits per heavy atom. The number of rotatable bonds is 6. The van der Waals surface area contributed by atoms with Gasteiger partial charge < -0.3 is 20.9 Å². The standard InChI is InChI=1S/C26H31N5O4/c1-26(22(32)18-8-4-5-9-19(18)27)20(24(34)30(2)3)21(26)25(35)31-13-10-17(11-14-31)29-23(33)16-7-6-12-28-15-16/h4-9,12,15,17,20-21H,10-11,13-14,27H2,1-3H3,(H,29,33)/t20-,21+,26+/m1/s1. The zero-order valence-corrected chi connectivity index (χ0v) is 20.2. The molecule has 2 aliphatic rings. The highest BCUT2D eigenvalue weighted by atomic mass is 16.2. The molecule has 1 saturated carbocycles. The van der Waals surface area contributed by atoms with Crippen molar-refractivity contribution in [3.63, 3.8) is 0 Å². The Morgan fingerprint density at radius 3 is 2.34 bits per heavy atom. The number of piperidine rings is 1. The summed E-state index contributed by atoms with van der Waals surface area (Å²) in [6.07, 6.45) is 4.30. The van der Waals surface area contributed by atoms with E-state index < -0.39 is 17.3 Å². The molecule has 9 heteroatoms. The molecule has 3 N–H and O–H groups in total. The van der Waals surface area contributed by atoms with Crippen LogP contribution >= 0.6 is 0 Å². The normalized spacial score (nSPS) is 23.9. The minimum Gasteiger partial charge on any atom is -0.398 e. The summed E-state index contributed by atoms with van der Waals surface area (Å²) < 4.78 is 0.